The zero-order valence-corrected chi connectivity index (χ0v) is 15.2. The van der Waals surface area contributed by atoms with E-state index in [4.69, 9.17) is 0 Å². The Morgan fingerprint density at radius 3 is 1.88 bits per heavy atom. The molecule has 3 aromatic rings. The first-order chi connectivity index (χ1) is 11.7. The number of phenolic OH excluding ortho intramolecular Hbond substituents is 1. The molecular weight excluding hydrogens is 332 g/mol. The van der Waals surface area contributed by atoms with Crippen molar-refractivity contribution in [3.8, 4) is 5.75 Å². The molecule has 3 rings (SSSR count). The molecule has 0 saturated carbocycles. The molecule has 0 fully saturated rings. The highest BCUT2D eigenvalue weighted by atomic mass is 32.2. The summed E-state index contributed by atoms with van der Waals surface area (Å²) in [4.78, 5) is 2.49. The van der Waals surface area contributed by atoms with Gasteiger partial charge in [-0.3, -0.25) is 0 Å². The van der Waals surface area contributed by atoms with E-state index in [2.05, 4.69) is 48.5 Å². The molecule has 0 bridgehead atoms. The Kier molecular flexibility index (Phi) is 5.89. The first-order valence-corrected chi connectivity index (χ1v) is 9.86. The second-order valence-corrected chi connectivity index (χ2v) is 7.72. The first-order valence-electron chi connectivity index (χ1n) is 7.89. The molecule has 0 aliphatic carbocycles. The molecule has 0 saturated heterocycles. The molecule has 0 unspecified atom stereocenters. The van der Waals surface area contributed by atoms with Gasteiger partial charge in [0, 0.05) is 26.9 Å². The van der Waals surface area contributed by atoms with E-state index in [1.807, 2.05) is 43.0 Å². The normalized spacial score (nSPS) is 10.7. The van der Waals surface area contributed by atoms with Crippen LogP contribution in [0.25, 0.3) is 0 Å². The number of hydrogen-bond donors (Lipinski definition) is 1. The van der Waals surface area contributed by atoms with Crippen LogP contribution < -0.4 is 0 Å². The van der Waals surface area contributed by atoms with Crippen LogP contribution >= 0.6 is 23.5 Å². The number of rotatable bonds is 6. The van der Waals surface area contributed by atoms with Crippen molar-refractivity contribution in [3.05, 3.63) is 89.5 Å². The number of hydrogen-bond acceptors (Lipinski definition) is 3. The van der Waals surface area contributed by atoms with Crippen LogP contribution in [0, 0.1) is 6.92 Å². The number of thioether (sulfide) groups is 2. The van der Waals surface area contributed by atoms with Gasteiger partial charge in [-0.05, 0) is 42.3 Å². The van der Waals surface area contributed by atoms with Crippen LogP contribution in [-0.2, 0) is 11.5 Å². The number of aromatic hydroxyl groups is 1. The summed E-state index contributed by atoms with van der Waals surface area (Å²) in [6.07, 6.45) is 0. The monoisotopic (exact) mass is 352 g/mol. The maximum atomic E-state index is 10.4. The van der Waals surface area contributed by atoms with E-state index in [0.717, 1.165) is 22.6 Å². The van der Waals surface area contributed by atoms with Crippen LogP contribution in [-0.4, -0.2) is 5.11 Å². The van der Waals surface area contributed by atoms with E-state index in [1.54, 1.807) is 11.8 Å². The van der Waals surface area contributed by atoms with Crippen molar-refractivity contribution in [2.45, 2.75) is 28.2 Å². The Morgan fingerprint density at radius 2 is 1.29 bits per heavy atom. The minimum atomic E-state index is 0.423. The molecule has 0 radical (unpaired) electrons. The minimum absolute atomic E-state index is 0.423. The quantitative estimate of drug-likeness (QED) is 0.527. The molecule has 0 aliphatic rings. The summed E-state index contributed by atoms with van der Waals surface area (Å²) in [5, 5.41) is 10.4. The van der Waals surface area contributed by atoms with Crippen LogP contribution in [0.4, 0.5) is 0 Å². The van der Waals surface area contributed by atoms with E-state index in [1.165, 1.54) is 15.4 Å². The van der Waals surface area contributed by atoms with Gasteiger partial charge >= 0.3 is 0 Å². The molecule has 0 amide bonds. The molecule has 122 valence electrons. The van der Waals surface area contributed by atoms with Crippen molar-refractivity contribution < 1.29 is 5.11 Å². The van der Waals surface area contributed by atoms with Crippen LogP contribution in [0.2, 0.25) is 0 Å². The highest BCUT2D eigenvalue weighted by Crippen LogP contribution is 2.32. The summed E-state index contributed by atoms with van der Waals surface area (Å²) >= 11 is 3.58. The van der Waals surface area contributed by atoms with Crippen molar-refractivity contribution in [2.24, 2.45) is 0 Å². The van der Waals surface area contributed by atoms with Crippen molar-refractivity contribution in [1.29, 1.82) is 0 Å². The highest BCUT2D eigenvalue weighted by molar-refractivity contribution is 7.98. The van der Waals surface area contributed by atoms with Gasteiger partial charge in [0.1, 0.15) is 5.75 Å². The Morgan fingerprint density at radius 1 is 0.750 bits per heavy atom. The van der Waals surface area contributed by atoms with Crippen molar-refractivity contribution >= 4 is 23.5 Å². The fourth-order valence-electron chi connectivity index (χ4n) is 2.49. The molecule has 0 spiro atoms. The van der Waals surface area contributed by atoms with Gasteiger partial charge in [0.2, 0.25) is 0 Å². The predicted molar refractivity (Wildman–Crippen MR) is 105 cm³/mol. The molecule has 0 aliphatic heterocycles. The summed E-state index contributed by atoms with van der Waals surface area (Å²) in [7, 11) is 0. The van der Waals surface area contributed by atoms with Gasteiger partial charge in [-0.15, -0.1) is 23.5 Å². The summed E-state index contributed by atoms with van der Waals surface area (Å²) in [6, 6.07) is 24.9. The van der Waals surface area contributed by atoms with Crippen LogP contribution in [0.15, 0.2) is 82.6 Å². The topological polar surface area (TPSA) is 20.2 Å². The van der Waals surface area contributed by atoms with Gasteiger partial charge in [0.05, 0.1) is 0 Å². The maximum absolute atomic E-state index is 10.4. The third-order valence-electron chi connectivity index (χ3n) is 3.73. The Hall–Kier alpha value is -1.84. The second-order valence-electron chi connectivity index (χ2n) is 5.62. The number of aryl methyl sites for hydroxylation is 1. The van der Waals surface area contributed by atoms with Crippen LogP contribution in [0.1, 0.15) is 16.7 Å². The Labute approximate surface area is 152 Å². The Bertz CT molecular complexity index is 786. The van der Waals surface area contributed by atoms with E-state index >= 15 is 0 Å². The van der Waals surface area contributed by atoms with Gasteiger partial charge in [0.25, 0.3) is 0 Å². The lowest BCUT2D eigenvalue weighted by Gasteiger charge is -2.11. The van der Waals surface area contributed by atoms with Crippen LogP contribution in [0.3, 0.4) is 0 Å². The molecule has 0 heterocycles. The maximum Gasteiger partial charge on any atom is 0.122 e. The average Bonchev–Trinajstić information content (AvgIpc) is 2.63. The third kappa shape index (κ3) is 4.59. The van der Waals surface area contributed by atoms with Gasteiger partial charge in [-0.2, -0.15) is 0 Å². The smallest absolute Gasteiger partial charge is 0.122 e. The molecule has 3 heteroatoms. The molecule has 0 aromatic heterocycles. The minimum Gasteiger partial charge on any atom is -0.507 e. The number of phenols is 1. The molecule has 3 aromatic carbocycles. The summed E-state index contributed by atoms with van der Waals surface area (Å²) in [6.45, 7) is 1.97. The SMILES string of the molecule is Cc1cc(CSc2ccccc2)cc(CSc2ccccc2)c1O. The summed E-state index contributed by atoms with van der Waals surface area (Å²) in [5.41, 5.74) is 3.21. The van der Waals surface area contributed by atoms with Gasteiger partial charge in [0.15, 0.2) is 0 Å². The van der Waals surface area contributed by atoms with E-state index < -0.39 is 0 Å². The molecule has 1 nitrogen and oxygen atoms in total. The lowest BCUT2D eigenvalue weighted by Crippen LogP contribution is -1.91. The Balaban J connectivity index is 1.71. The largest absolute Gasteiger partial charge is 0.507 e. The first kappa shape index (κ1) is 17.0. The fourth-order valence-corrected chi connectivity index (χ4v) is 4.23. The van der Waals surface area contributed by atoms with Gasteiger partial charge < -0.3 is 5.11 Å². The molecular formula is C21H20OS2. The lowest BCUT2D eigenvalue weighted by atomic mass is 10.1. The summed E-state index contributed by atoms with van der Waals surface area (Å²) in [5.74, 6) is 2.11. The standard InChI is InChI=1S/C21H20OS2/c1-16-12-17(14-23-19-8-4-2-5-9-19)13-18(21(16)22)15-24-20-10-6-3-7-11-20/h2-13,22H,14-15H2,1H3. The molecule has 24 heavy (non-hydrogen) atoms. The van der Waals surface area contributed by atoms with Gasteiger partial charge in [-0.25, -0.2) is 0 Å². The molecule has 0 atom stereocenters. The zero-order chi connectivity index (χ0) is 16.8. The van der Waals surface area contributed by atoms with Crippen molar-refractivity contribution in [3.63, 3.8) is 0 Å². The van der Waals surface area contributed by atoms with Crippen molar-refractivity contribution in [1.82, 2.24) is 0 Å². The highest BCUT2D eigenvalue weighted by Gasteiger charge is 2.08. The predicted octanol–water partition coefficient (Wildman–Crippen LogP) is 6.29. The lowest BCUT2D eigenvalue weighted by molar-refractivity contribution is 0.466. The second kappa shape index (κ2) is 8.32. The van der Waals surface area contributed by atoms with E-state index in [9.17, 15) is 5.11 Å². The van der Waals surface area contributed by atoms with E-state index in [-0.39, 0.29) is 0 Å². The van der Waals surface area contributed by atoms with Crippen LogP contribution in [0.5, 0.6) is 5.75 Å². The van der Waals surface area contributed by atoms with Crippen molar-refractivity contribution in [2.75, 3.05) is 0 Å². The zero-order valence-electron chi connectivity index (χ0n) is 13.6. The van der Waals surface area contributed by atoms with E-state index in [0.29, 0.717) is 5.75 Å². The number of benzene rings is 3. The molecule has 1 N–H and O–H groups in total. The van der Waals surface area contributed by atoms with Gasteiger partial charge in [-0.1, -0.05) is 48.5 Å². The summed E-state index contributed by atoms with van der Waals surface area (Å²) < 4.78 is 0. The average molecular weight is 353 g/mol. The fraction of sp³-hybridized carbons (Fsp3) is 0.143. The third-order valence-corrected chi connectivity index (χ3v) is 5.87.